The van der Waals surface area contributed by atoms with Crippen molar-refractivity contribution in [1.29, 1.82) is 0 Å². The van der Waals surface area contributed by atoms with Crippen LogP contribution in [0.1, 0.15) is 51.8 Å². The second-order valence-corrected chi connectivity index (χ2v) is 11.7. The average Bonchev–Trinajstić information content (AvgIpc) is 3.42. The van der Waals surface area contributed by atoms with Gasteiger partial charge in [0.1, 0.15) is 17.9 Å². The zero-order valence-electron chi connectivity index (χ0n) is 22.2. The van der Waals surface area contributed by atoms with Gasteiger partial charge in [0.2, 0.25) is 0 Å². The van der Waals surface area contributed by atoms with Crippen molar-refractivity contribution in [1.82, 2.24) is 24.4 Å². The number of fused-ring (bicyclic) bond motifs is 1. The molecular formula is C25H35F5N6O3. The number of aromatic nitrogens is 3. The van der Waals surface area contributed by atoms with Gasteiger partial charge in [-0.15, -0.1) is 0 Å². The Kier molecular flexibility index (Phi) is 7.10. The van der Waals surface area contributed by atoms with E-state index in [0.717, 1.165) is 0 Å². The summed E-state index contributed by atoms with van der Waals surface area (Å²) in [4.78, 5) is 6.99. The Balaban J connectivity index is 1.39. The largest absolute Gasteiger partial charge is 0.401 e. The van der Waals surface area contributed by atoms with E-state index in [2.05, 4.69) is 10.1 Å². The molecule has 2 aromatic heterocycles. The average molecular weight is 563 g/mol. The Morgan fingerprint density at radius 2 is 1.90 bits per heavy atom. The number of aliphatic hydroxyl groups is 1. The van der Waals surface area contributed by atoms with Crippen molar-refractivity contribution in [3.63, 3.8) is 0 Å². The van der Waals surface area contributed by atoms with E-state index in [1.807, 2.05) is 6.92 Å². The highest BCUT2D eigenvalue weighted by atomic mass is 19.4. The SMILES string of the molecule is C[C@H]1[C@@H](OC(C)(C)O)[C@H](c2ccc3c(N)ncnn23)O[C@@H]1CN1CC(F)(F)CC12CCN(CC(F)(F)F)CC2. The number of alkyl halides is 5. The molecular weight excluding hydrogens is 527 g/mol. The standard InChI is InChI=1S/C25H35F5N6O3/c1-15-18(10-35-12-24(26,27)11-23(35)6-8-34(9-7-23)13-25(28,29)30)38-20(19(15)39-22(2,3)37)16-4-5-17-21(31)32-14-33-36(16)17/h4-5,14-15,18-20,37H,6-13H2,1-3H3,(H2,31,32,33)/t15-,18-,19-,20+/m1/s1. The van der Waals surface area contributed by atoms with E-state index >= 15 is 0 Å². The summed E-state index contributed by atoms with van der Waals surface area (Å²) in [6.07, 6.45) is -4.87. The van der Waals surface area contributed by atoms with Crippen molar-refractivity contribution >= 4 is 11.3 Å². The number of likely N-dealkylation sites (tertiary alicyclic amines) is 2. The van der Waals surface area contributed by atoms with Crippen LogP contribution in [0, 0.1) is 5.92 Å². The highest BCUT2D eigenvalue weighted by molar-refractivity contribution is 5.65. The van der Waals surface area contributed by atoms with Gasteiger partial charge in [-0.25, -0.2) is 18.3 Å². The van der Waals surface area contributed by atoms with Gasteiger partial charge in [-0.05, 0) is 38.8 Å². The number of nitrogens with two attached hydrogens (primary N) is 1. The Hall–Kier alpha value is -2.13. The molecule has 3 aliphatic rings. The van der Waals surface area contributed by atoms with E-state index in [1.165, 1.54) is 25.1 Å². The molecule has 3 aliphatic heterocycles. The summed E-state index contributed by atoms with van der Waals surface area (Å²) in [5.41, 5.74) is 6.26. The van der Waals surface area contributed by atoms with Crippen LogP contribution >= 0.6 is 0 Å². The van der Waals surface area contributed by atoms with E-state index in [-0.39, 0.29) is 44.2 Å². The molecule has 39 heavy (non-hydrogen) atoms. The first-order chi connectivity index (χ1) is 18.1. The predicted molar refractivity (Wildman–Crippen MR) is 131 cm³/mol. The smallest absolute Gasteiger partial charge is 0.382 e. The highest BCUT2D eigenvalue weighted by Crippen LogP contribution is 2.48. The molecule has 0 aliphatic carbocycles. The highest BCUT2D eigenvalue weighted by Gasteiger charge is 2.57. The maximum Gasteiger partial charge on any atom is 0.401 e. The van der Waals surface area contributed by atoms with Crippen LogP contribution in [0.4, 0.5) is 27.8 Å². The fourth-order valence-electron chi connectivity index (χ4n) is 6.46. The molecule has 218 valence electrons. The van der Waals surface area contributed by atoms with Gasteiger partial charge in [0.15, 0.2) is 11.6 Å². The molecule has 0 radical (unpaired) electrons. The summed E-state index contributed by atoms with van der Waals surface area (Å²) in [5.74, 6) is -4.49. The lowest BCUT2D eigenvalue weighted by atomic mass is 9.83. The number of hydrogen-bond donors (Lipinski definition) is 2. The quantitative estimate of drug-likeness (QED) is 0.409. The number of nitrogens with zero attached hydrogens (tertiary/aromatic N) is 5. The van der Waals surface area contributed by atoms with Crippen LogP contribution in [0.3, 0.4) is 0 Å². The third-order valence-corrected chi connectivity index (χ3v) is 8.22. The normalized spacial score (nSPS) is 30.1. The van der Waals surface area contributed by atoms with Gasteiger partial charge in [-0.2, -0.15) is 18.3 Å². The van der Waals surface area contributed by atoms with Crippen LogP contribution < -0.4 is 5.73 Å². The van der Waals surface area contributed by atoms with E-state index in [9.17, 15) is 27.1 Å². The number of anilines is 1. The molecule has 0 bridgehead atoms. The summed E-state index contributed by atoms with van der Waals surface area (Å²) in [7, 11) is 0. The molecule has 9 nitrogen and oxygen atoms in total. The number of rotatable bonds is 6. The molecule has 3 N–H and O–H groups in total. The second-order valence-electron chi connectivity index (χ2n) is 11.7. The number of piperidine rings is 1. The van der Waals surface area contributed by atoms with Gasteiger partial charge in [-0.1, -0.05) is 6.92 Å². The molecule has 1 spiro atoms. The zero-order chi connectivity index (χ0) is 28.4. The Labute approximate surface area is 223 Å². The zero-order valence-corrected chi connectivity index (χ0v) is 22.2. The van der Waals surface area contributed by atoms with Crippen LogP contribution in [0.15, 0.2) is 18.5 Å². The minimum atomic E-state index is -4.33. The van der Waals surface area contributed by atoms with Crippen LogP contribution in [0.2, 0.25) is 0 Å². The van der Waals surface area contributed by atoms with Crippen molar-refractivity contribution < 1.29 is 36.5 Å². The molecule has 0 unspecified atom stereocenters. The summed E-state index contributed by atoms with van der Waals surface area (Å²) >= 11 is 0. The molecule has 0 aromatic carbocycles. The van der Waals surface area contributed by atoms with Gasteiger partial charge in [-0.3, -0.25) is 9.80 Å². The van der Waals surface area contributed by atoms with E-state index in [1.54, 1.807) is 21.5 Å². The summed E-state index contributed by atoms with van der Waals surface area (Å²) < 4.78 is 82.4. The van der Waals surface area contributed by atoms with Gasteiger partial charge in [0, 0.05) is 37.5 Å². The molecule has 5 heterocycles. The minimum Gasteiger partial charge on any atom is -0.382 e. The van der Waals surface area contributed by atoms with Crippen LogP contribution in [-0.4, -0.2) is 97.9 Å². The molecule has 3 fully saturated rings. The third kappa shape index (κ3) is 5.85. The topological polar surface area (TPSA) is 101 Å². The second kappa shape index (κ2) is 9.75. The van der Waals surface area contributed by atoms with E-state index in [0.29, 0.717) is 11.2 Å². The van der Waals surface area contributed by atoms with Gasteiger partial charge in [0.05, 0.1) is 31.0 Å². The summed E-state index contributed by atoms with van der Waals surface area (Å²) in [5, 5.41) is 14.8. The van der Waals surface area contributed by atoms with Crippen LogP contribution in [0.25, 0.3) is 5.52 Å². The number of ether oxygens (including phenoxy) is 2. The fraction of sp³-hybridized carbons (Fsp3) is 0.760. The van der Waals surface area contributed by atoms with Gasteiger partial charge < -0.3 is 20.3 Å². The van der Waals surface area contributed by atoms with Crippen molar-refractivity contribution in [2.75, 3.05) is 38.5 Å². The van der Waals surface area contributed by atoms with Crippen molar-refractivity contribution in [2.24, 2.45) is 5.92 Å². The monoisotopic (exact) mass is 562 g/mol. The molecule has 4 atom stereocenters. The van der Waals surface area contributed by atoms with E-state index < -0.39 is 61.2 Å². The van der Waals surface area contributed by atoms with Crippen LogP contribution in [0.5, 0.6) is 0 Å². The summed E-state index contributed by atoms with van der Waals surface area (Å²) in [6, 6.07) is 3.53. The van der Waals surface area contributed by atoms with E-state index in [4.69, 9.17) is 15.2 Å². The Bertz CT molecular complexity index is 1180. The van der Waals surface area contributed by atoms with Gasteiger partial charge in [0.25, 0.3) is 5.92 Å². The molecule has 0 saturated carbocycles. The molecule has 0 amide bonds. The first-order valence-corrected chi connectivity index (χ1v) is 13.1. The number of nitrogen functional groups attached to an aromatic ring is 1. The lowest BCUT2D eigenvalue weighted by Crippen LogP contribution is -2.55. The maximum absolute atomic E-state index is 14.8. The minimum absolute atomic E-state index is 0.0947. The Morgan fingerprint density at radius 3 is 2.54 bits per heavy atom. The third-order valence-electron chi connectivity index (χ3n) is 8.22. The molecule has 14 heteroatoms. The van der Waals surface area contributed by atoms with Crippen molar-refractivity contribution in [2.45, 2.75) is 81.8 Å². The van der Waals surface area contributed by atoms with Crippen LogP contribution in [-0.2, 0) is 9.47 Å². The molecule has 3 saturated heterocycles. The Morgan fingerprint density at radius 1 is 1.21 bits per heavy atom. The fourth-order valence-corrected chi connectivity index (χ4v) is 6.46. The number of hydrogen-bond acceptors (Lipinski definition) is 8. The van der Waals surface area contributed by atoms with Gasteiger partial charge >= 0.3 is 6.18 Å². The molecule has 2 aromatic rings. The maximum atomic E-state index is 14.8. The number of halogens is 5. The summed E-state index contributed by atoms with van der Waals surface area (Å²) in [6.45, 7) is 3.70. The first-order valence-electron chi connectivity index (χ1n) is 13.1. The van der Waals surface area contributed by atoms with Crippen molar-refractivity contribution in [3.05, 3.63) is 24.2 Å². The van der Waals surface area contributed by atoms with Crippen molar-refractivity contribution in [3.8, 4) is 0 Å². The predicted octanol–water partition coefficient (Wildman–Crippen LogP) is 3.24. The first kappa shape index (κ1) is 28.4. The lowest BCUT2D eigenvalue weighted by molar-refractivity contribution is -0.221. The molecule has 5 rings (SSSR count). The lowest BCUT2D eigenvalue weighted by Gasteiger charge is -2.45.